The van der Waals surface area contributed by atoms with E-state index in [9.17, 15) is 4.79 Å². The van der Waals surface area contributed by atoms with E-state index in [0.717, 1.165) is 18.5 Å². The molecule has 0 aromatic heterocycles. The molecule has 1 amide bonds. The topological polar surface area (TPSA) is 41.1 Å². The van der Waals surface area contributed by atoms with Gasteiger partial charge in [0, 0.05) is 11.7 Å². The number of carbonyl (C=O) groups is 1. The molecule has 2 N–H and O–H groups in total. The van der Waals surface area contributed by atoms with E-state index in [1.54, 1.807) is 0 Å². The van der Waals surface area contributed by atoms with E-state index in [1.807, 2.05) is 12.1 Å². The molecule has 0 heterocycles. The Labute approximate surface area is 116 Å². The van der Waals surface area contributed by atoms with Crippen LogP contribution in [0.25, 0.3) is 0 Å². The van der Waals surface area contributed by atoms with E-state index in [0.29, 0.717) is 18.5 Å². The minimum absolute atomic E-state index is 0.0107. The highest BCUT2D eigenvalue weighted by Crippen LogP contribution is 2.20. The maximum atomic E-state index is 11.7. The smallest absolute Gasteiger partial charge is 0.238 e. The van der Waals surface area contributed by atoms with Crippen LogP contribution >= 0.6 is 0 Å². The van der Waals surface area contributed by atoms with Gasteiger partial charge in [-0.3, -0.25) is 4.79 Å². The highest BCUT2D eigenvalue weighted by Gasteiger charge is 2.06. The van der Waals surface area contributed by atoms with Crippen molar-refractivity contribution in [3.05, 3.63) is 29.8 Å². The summed E-state index contributed by atoms with van der Waals surface area (Å²) in [5.41, 5.74) is 2.18. The molecule has 2 atom stereocenters. The highest BCUT2D eigenvalue weighted by atomic mass is 16.1. The number of carbonyl (C=O) groups excluding carboxylic acids is 1. The van der Waals surface area contributed by atoms with Gasteiger partial charge in [0.05, 0.1) is 6.54 Å². The van der Waals surface area contributed by atoms with Crippen LogP contribution in [0.5, 0.6) is 0 Å². The lowest BCUT2D eigenvalue weighted by molar-refractivity contribution is -0.115. The Morgan fingerprint density at radius 3 is 2.26 bits per heavy atom. The second-order valence-electron chi connectivity index (χ2n) is 5.17. The normalized spacial score (nSPS) is 13.9. The van der Waals surface area contributed by atoms with Crippen molar-refractivity contribution in [1.29, 1.82) is 0 Å². The van der Waals surface area contributed by atoms with E-state index in [4.69, 9.17) is 0 Å². The molecule has 0 bridgehead atoms. The molecule has 1 aromatic rings. The largest absolute Gasteiger partial charge is 0.325 e. The number of hydrogen-bond acceptors (Lipinski definition) is 2. The fourth-order valence-corrected chi connectivity index (χ4v) is 1.75. The molecule has 1 aromatic carbocycles. The predicted molar refractivity (Wildman–Crippen MR) is 81.5 cm³/mol. The molecule has 0 radical (unpaired) electrons. The highest BCUT2D eigenvalue weighted by molar-refractivity contribution is 5.92. The van der Waals surface area contributed by atoms with Crippen LogP contribution in [0.15, 0.2) is 24.3 Å². The molecule has 2 unspecified atom stereocenters. The maximum Gasteiger partial charge on any atom is 0.238 e. The van der Waals surface area contributed by atoms with Crippen molar-refractivity contribution in [2.24, 2.45) is 0 Å². The number of benzene rings is 1. The lowest BCUT2D eigenvalue weighted by atomic mass is 9.99. The molecule has 0 spiro atoms. The van der Waals surface area contributed by atoms with Crippen LogP contribution in [-0.2, 0) is 4.79 Å². The van der Waals surface area contributed by atoms with Crippen LogP contribution in [0.3, 0.4) is 0 Å². The van der Waals surface area contributed by atoms with Crippen LogP contribution < -0.4 is 10.6 Å². The van der Waals surface area contributed by atoms with Gasteiger partial charge in [-0.1, -0.05) is 32.9 Å². The van der Waals surface area contributed by atoms with Crippen molar-refractivity contribution in [1.82, 2.24) is 5.32 Å². The molecule has 0 aliphatic rings. The van der Waals surface area contributed by atoms with Gasteiger partial charge in [0.25, 0.3) is 0 Å². The third kappa shape index (κ3) is 5.43. The fourth-order valence-electron chi connectivity index (χ4n) is 1.75. The average Bonchev–Trinajstić information content (AvgIpc) is 2.44. The molecule has 3 nitrogen and oxygen atoms in total. The van der Waals surface area contributed by atoms with Gasteiger partial charge in [-0.15, -0.1) is 0 Å². The third-order valence-electron chi connectivity index (χ3n) is 3.60. The summed E-state index contributed by atoms with van der Waals surface area (Å²) in [6, 6.07) is 8.50. The van der Waals surface area contributed by atoms with Crippen molar-refractivity contribution in [3.63, 3.8) is 0 Å². The van der Waals surface area contributed by atoms with Gasteiger partial charge in [0.2, 0.25) is 5.91 Å². The lowest BCUT2D eigenvalue weighted by Crippen LogP contribution is -2.33. The first-order valence-corrected chi connectivity index (χ1v) is 7.20. The Bertz CT molecular complexity index is 386. The second kappa shape index (κ2) is 7.95. The Morgan fingerprint density at radius 2 is 1.74 bits per heavy atom. The molecule has 0 aliphatic carbocycles. The Balaban J connectivity index is 2.46. The minimum Gasteiger partial charge on any atom is -0.325 e. The summed E-state index contributed by atoms with van der Waals surface area (Å²) >= 11 is 0. The fraction of sp³-hybridized carbons (Fsp3) is 0.562. The number of amides is 1. The van der Waals surface area contributed by atoms with Crippen molar-refractivity contribution in [2.75, 3.05) is 11.9 Å². The number of anilines is 1. The van der Waals surface area contributed by atoms with Crippen molar-refractivity contribution in [3.8, 4) is 0 Å². The van der Waals surface area contributed by atoms with Crippen molar-refractivity contribution >= 4 is 11.6 Å². The molecule has 1 rings (SSSR count). The second-order valence-corrected chi connectivity index (χ2v) is 5.17. The van der Waals surface area contributed by atoms with Gasteiger partial charge in [0.1, 0.15) is 0 Å². The van der Waals surface area contributed by atoms with Gasteiger partial charge in [-0.05, 0) is 43.4 Å². The predicted octanol–water partition coefficient (Wildman–Crippen LogP) is 3.53. The quantitative estimate of drug-likeness (QED) is 0.789. The molecule has 106 valence electrons. The summed E-state index contributed by atoms with van der Waals surface area (Å²) in [4.78, 5) is 11.7. The van der Waals surface area contributed by atoms with Crippen LogP contribution in [0.1, 0.15) is 52.0 Å². The van der Waals surface area contributed by atoms with Gasteiger partial charge in [0.15, 0.2) is 0 Å². The van der Waals surface area contributed by atoms with E-state index in [-0.39, 0.29) is 5.91 Å². The summed E-state index contributed by atoms with van der Waals surface area (Å²) in [7, 11) is 0. The molecular weight excluding hydrogens is 236 g/mol. The lowest BCUT2D eigenvalue weighted by Gasteiger charge is -2.12. The average molecular weight is 262 g/mol. The number of rotatable bonds is 7. The van der Waals surface area contributed by atoms with Crippen LogP contribution in [0, 0.1) is 0 Å². The monoisotopic (exact) mass is 262 g/mol. The molecule has 3 heteroatoms. The molecule has 0 aliphatic heterocycles. The first-order valence-electron chi connectivity index (χ1n) is 7.20. The van der Waals surface area contributed by atoms with E-state index in [1.165, 1.54) is 5.56 Å². The number of nitrogens with one attached hydrogen (secondary N) is 2. The van der Waals surface area contributed by atoms with Gasteiger partial charge in [-0.25, -0.2) is 0 Å². The summed E-state index contributed by atoms with van der Waals surface area (Å²) in [5.74, 6) is 0.577. The Hall–Kier alpha value is -1.35. The van der Waals surface area contributed by atoms with E-state index >= 15 is 0 Å². The van der Waals surface area contributed by atoms with Gasteiger partial charge in [-0.2, -0.15) is 0 Å². The first-order chi connectivity index (χ1) is 9.06. The number of hydrogen-bond donors (Lipinski definition) is 2. The van der Waals surface area contributed by atoms with E-state index in [2.05, 4.69) is 50.5 Å². The first kappa shape index (κ1) is 15.7. The van der Waals surface area contributed by atoms with Gasteiger partial charge < -0.3 is 10.6 Å². The molecular formula is C16H26N2O. The van der Waals surface area contributed by atoms with Gasteiger partial charge >= 0.3 is 0 Å². The molecule has 19 heavy (non-hydrogen) atoms. The molecule has 0 saturated heterocycles. The zero-order valence-electron chi connectivity index (χ0n) is 12.5. The Kier molecular flexibility index (Phi) is 6.57. The standard InChI is InChI=1S/C16H26N2O/c1-5-12(3)14-7-9-15(10-8-14)18-16(19)11-17-13(4)6-2/h7-10,12-13,17H,5-6,11H2,1-4H3,(H,18,19). The Morgan fingerprint density at radius 1 is 1.11 bits per heavy atom. The summed E-state index contributed by atoms with van der Waals surface area (Å²) < 4.78 is 0. The summed E-state index contributed by atoms with van der Waals surface area (Å²) in [5, 5.41) is 6.08. The minimum atomic E-state index is 0.0107. The zero-order valence-corrected chi connectivity index (χ0v) is 12.5. The van der Waals surface area contributed by atoms with Crippen molar-refractivity contribution < 1.29 is 4.79 Å². The molecule has 0 fully saturated rings. The van der Waals surface area contributed by atoms with E-state index < -0.39 is 0 Å². The zero-order chi connectivity index (χ0) is 14.3. The maximum absolute atomic E-state index is 11.7. The summed E-state index contributed by atoms with van der Waals surface area (Å²) in [6.45, 7) is 8.93. The van der Waals surface area contributed by atoms with Crippen LogP contribution in [0.2, 0.25) is 0 Å². The third-order valence-corrected chi connectivity index (χ3v) is 3.60. The van der Waals surface area contributed by atoms with Crippen LogP contribution in [-0.4, -0.2) is 18.5 Å². The summed E-state index contributed by atoms with van der Waals surface area (Å²) in [6.07, 6.45) is 2.15. The van der Waals surface area contributed by atoms with Crippen LogP contribution in [0.4, 0.5) is 5.69 Å². The molecule has 0 saturated carbocycles. The van der Waals surface area contributed by atoms with Crippen molar-refractivity contribution in [2.45, 2.75) is 52.5 Å². The SMILES string of the molecule is CCC(C)NCC(=O)Nc1ccc(C(C)CC)cc1.